The largest absolute Gasteiger partial charge is 0.382 e. The fourth-order valence-electron chi connectivity index (χ4n) is 3.80. The van der Waals surface area contributed by atoms with Crippen molar-refractivity contribution in [1.29, 1.82) is 5.26 Å². The van der Waals surface area contributed by atoms with Gasteiger partial charge in [-0.1, -0.05) is 25.6 Å². The zero-order chi connectivity index (χ0) is 24.2. The summed E-state index contributed by atoms with van der Waals surface area (Å²) in [5.41, 5.74) is 1.87. The summed E-state index contributed by atoms with van der Waals surface area (Å²) in [6, 6.07) is 13.8. The molecule has 1 aliphatic heterocycles. The van der Waals surface area contributed by atoms with E-state index in [0.717, 1.165) is 23.9 Å². The fourth-order valence-corrected chi connectivity index (χ4v) is 4.72. The van der Waals surface area contributed by atoms with Gasteiger partial charge in [-0.3, -0.25) is 0 Å². The zero-order valence-corrected chi connectivity index (χ0v) is 20.5. The minimum atomic E-state index is -3.93. The number of ether oxygens (including phenoxy) is 3. The van der Waals surface area contributed by atoms with Gasteiger partial charge in [0.25, 0.3) is 10.0 Å². The van der Waals surface area contributed by atoms with E-state index in [1.165, 1.54) is 31.0 Å². The summed E-state index contributed by atoms with van der Waals surface area (Å²) in [6.45, 7) is 4.16. The molecule has 0 bridgehead atoms. The third-order valence-electron chi connectivity index (χ3n) is 5.61. The van der Waals surface area contributed by atoms with Gasteiger partial charge in [0.2, 0.25) is 0 Å². The first-order chi connectivity index (χ1) is 16.5. The number of nitrogens with zero attached hydrogens (tertiary/aromatic N) is 2. The van der Waals surface area contributed by atoms with Gasteiger partial charge in [0.15, 0.2) is 4.91 Å². The van der Waals surface area contributed by atoms with Gasteiger partial charge in [-0.2, -0.15) is 5.26 Å². The number of benzene rings is 2. The normalized spacial score (nSPS) is 14.5. The molecule has 192 valence electrons. The van der Waals surface area contributed by atoms with Crippen LogP contribution in [0.3, 0.4) is 0 Å². The highest BCUT2D eigenvalue weighted by Crippen LogP contribution is 2.26. The van der Waals surface area contributed by atoms with Gasteiger partial charge < -0.3 is 19.1 Å². The molecule has 1 heterocycles. The Kier molecular flexibility index (Phi) is 12.2. The van der Waals surface area contributed by atoms with Crippen LogP contribution >= 0.6 is 0 Å². The second-order valence-electron chi connectivity index (χ2n) is 8.07. The predicted octanol–water partition coefficient (Wildman–Crippen LogP) is 3.93. The average Bonchev–Trinajstić information content (AvgIpc) is 2.86. The molecule has 0 amide bonds. The smallest absolute Gasteiger partial charge is 0.250 e. The lowest BCUT2D eigenvalue weighted by molar-refractivity contribution is 0.0263. The van der Waals surface area contributed by atoms with Crippen molar-refractivity contribution < 1.29 is 22.6 Å². The van der Waals surface area contributed by atoms with E-state index >= 15 is 0 Å². The molecular weight excluding hydrogens is 466 g/mol. The molecular formula is C26H37N3O5S. The van der Waals surface area contributed by atoms with Crippen molar-refractivity contribution in [3.05, 3.63) is 46.9 Å². The number of sulfonamides is 1. The van der Waals surface area contributed by atoms with Crippen LogP contribution in [-0.2, 0) is 24.2 Å². The SMILES string of the molecule is C.COCCOCCOCCNS(=O)(=O)/C(C#N)=C/c1ccc2cc(N3CCCCC3)ccc2c1. The minimum absolute atomic E-state index is 0. The van der Waals surface area contributed by atoms with Crippen LogP contribution < -0.4 is 9.62 Å². The minimum Gasteiger partial charge on any atom is -0.382 e. The number of nitriles is 1. The second-order valence-corrected chi connectivity index (χ2v) is 9.81. The fraction of sp³-hybridized carbons (Fsp3) is 0.500. The van der Waals surface area contributed by atoms with Gasteiger partial charge in [0.1, 0.15) is 6.07 Å². The zero-order valence-electron chi connectivity index (χ0n) is 19.7. The van der Waals surface area contributed by atoms with E-state index in [1.807, 2.05) is 24.3 Å². The van der Waals surface area contributed by atoms with Gasteiger partial charge in [-0.05, 0) is 59.9 Å². The van der Waals surface area contributed by atoms with E-state index in [-0.39, 0.29) is 25.5 Å². The Morgan fingerprint density at radius 3 is 2.37 bits per heavy atom. The number of rotatable bonds is 13. The molecule has 0 radical (unpaired) electrons. The first-order valence-electron chi connectivity index (χ1n) is 11.6. The van der Waals surface area contributed by atoms with Crippen LogP contribution in [0.5, 0.6) is 0 Å². The van der Waals surface area contributed by atoms with Crippen molar-refractivity contribution in [3.8, 4) is 6.07 Å². The Bertz CT molecular complexity index is 1110. The number of hydrogen-bond donors (Lipinski definition) is 1. The van der Waals surface area contributed by atoms with Gasteiger partial charge in [0, 0.05) is 32.4 Å². The maximum atomic E-state index is 12.6. The lowest BCUT2D eigenvalue weighted by atomic mass is 10.0. The van der Waals surface area contributed by atoms with Crippen LogP contribution in [0.15, 0.2) is 41.3 Å². The lowest BCUT2D eigenvalue weighted by Crippen LogP contribution is -2.29. The number of anilines is 1. The number of nitrogens with one attached hydrogen (secondary N) is 1. The number of hydrogen-bond acceptors (Lipinski definition) is 7. The van der Waals surface area contributed by atoms with E-state index in [9.17, 15) is 13.7 Å². The molecule has 8 nitrogen and oxygen atoms in total. The van der Waals surface area contributed by atoms with Crippen molar-refractivity contribution in [2.75, 3.05) is 64.7 Å². The molecule has 3 rings (SSSR count). The Morgan fingerprint density at radius 2 is 1.66 bits per heavy atom. The number of allylic oxidation sites excluding steroid dienone is 1. The van der Waals surface area contributed by atoms with Crippen molar-refractivity contribution in [2.45, 2.75) is 26.7 Å². The number of methoxy groups -OCH3 is 1. The summed E-state index contributed by atoms with van der Waals surface area (Å²) in [5.74, 6) is 0. The molecule has 1 saturated heterocycles. The molecule has 0 aliphatic carbocycles. The Balaban J connectivity index is 0.00000432. The quantitative estimate of drug-likeness (QED) is 0.326. The molecule has 0 saturated carbocycles. The van der Waals surface area contributed by atoms with Crippen LogP contribution in [0.4, 0.5) is 5.69 Å². The summed E-state index contributed by atoms with van der Waals surface area (Å²) in [6.07, 6.45) is 5.12. The van der Waals surface area contributed by atoms with Crippen LogP contribution in [0.1, 0.15) is 32.3 Å². The molecule has 9 heteroatoms. The van der Waals surface area contributed by atoms with Gasteiger partial charge >= 0.3 is 0 Å². The summed E-state index contributed by atoms with van der Waals surface area (Å²) < 4.78 is 43.0. The van der Waals surface area contributed by atoms with E-state index in [4.69, 9.17) is 14.2 Å². The summed E-state index contributed by atoms with van der Waals surface area (Å²) >= 11 is 0. The van der Waals surface area contributed by atoms with E-state index in [2.05, 4.69) is 21.8 Å². The molecule has 35 heavy (non-hydrogen) atoms. The summed E-state index contributed by atoms with van der Waals surface area (Å²) in [7, 11) is -2.34. The van der Waals surface area contributed by atoms with Crippen LogP contribution in [-0.4, -0.2) is 68.2 Å². The second kappa shape index (κ2) is 14.8. The van der Waals surface area contributed by atoms with E-state index in [1.54, 1.807) is 13.2 Å². The van der Waals surface area contributed by atoms with Crippen molar-refractivity contribution >= 4 is 32.6 Å². The molecule has 2 aromatic rings. The van der Waals surface area contributed by atoms with Crippen LogP contribution in [0.2, 0.25) is 0 Å². The first kappa shape index (κ1) is 28.8. The third kappa shape index (κ3) is 8.91. The van der Waals surface area contributed by atoms with Gasteiger partial charge in [-0.25, -0.2) is 13.1 Å². The topological polar surface area (TPSA) is 101 Å². The molecule has 1 fully saturated rings. The molecule has 1 aliphatic rings. The van der Waals surface area contributed by atoms with Crippen LogP contribution in [0, 0.1) is 11.3 Å². The monoisotopic (exact) mass is 503 g/mol. The van der Waals surface area contributed by atoms with E-state index in [0.29, 0.717) is 32.0 Å². The Morgan fingerprint density at radius 1 is 1.00 bits per heavy atom. The molecule has 0 aromatic heterocycles. The lowest BCUT2D eigenvalue weighted by Gasteiger charge is -2.29. The molecule has 0 unspecified atom stereocenters. The Labute approximate surface area is 209 Å². The standard InChI is InChI=1S/C25H33N3O5S.CH4/c1-31-13-14-33-16-15-32-12-9-27-34(29,30)25(20-26)18-21-5-6-23-19-24(8-7-22(23)17-21)28-10-3-2-4-11-28;/h5-8,17-19,27H,2-4,9-16H2,1H3;1H4/b25-18+;. The van der Waals surface area contributed by atoms with Crippen LogP contribution in [0.25, 0.3) is 16.8 Å². The van der Waals surface area contributed by atoms with Crippen molar-refractivity contribution in [1.82, 2.24) is 4.72 Å². The van der Waals surface area contributed by atoms with Gasteiger partial charge in [-0.15, -0.1) is 0 Å². The van der Waals surface area contributed by atoms with Crippen molar-refractivity contribution in [2.24, 2.45) is 0 Å². The number of piperidine rings is 1. The highest BCUT2D eigenvalue weighted by molar-refractivity contribution is 7.93. The first-order valence-corrected chi connectivity index (χ1v) is 13.1. The molecule has 2 aromatic carbocycles. The molecule has 0 spiro atoms. The number of fused-ring (bicyclic) bond motifs is 1. The highest BCUT2D eigenvalue weighted by atomic mass is 32.2. The molecule has 0 atom stereocenters. The van der Waals surface area contributed by atoms with Gasteiger partial charge in [0.05, 0.1) is 33.0 Å². The Hall–Kier alpha value is -2.48. The maximum Gasteiger partial charge on any atom is 0.250 e. The average molecular weight is 504 g/mol. The molecule has 1 N–H and O–H groups in total. The highest BCUT2D eigenvalue weighted by Gasteiger charge is 2.17. The predicted molar refractivity (Wildman–Crippen MR) is 141 cm³/mol. The third-order valence-corrected chi connectivity index (χ3v) is 6.98. The van der Waals surface area contributed by atoms with Crippen molar-refractivity contribution in [3.63, 3.8) is 0 Å². The maximum absolute atomic E-state index is 12.6. The van der Waals surface area contributed by atoms with E-state index < -0.39 is 10.0 Å². The summed E-state index contributed by atoms with van der Waals surface area (Å²) in [5, 5.41) is 11.5. The summed E-state index contributed by atoms with van der Waals surface area (Å²) in [4.78, 5) is 2.07.